The Morgan fingerprint density at radius 3 is 2.79 bits per heavy atom. The van der Waals surface area contributed by atoms with Gasteiger partial charge >= 0.3 is 0 Å². The van der Waals surface area contributed by atoms with E-state index in [-0.39, 0.29) is 12.0 Å². The molecule has 0 saturated heterocycles. The van der Waals surface area contributed by atoms with Crippen molar-refractivity contribution in [3.63, 3.8) is 0 Å². The fourth-order valence-corrected chi connectivity index (χ4v) is 3.04. The summed E-state index contributed by atoms with van der Waals surface area (Å²) in [6.07, 6.45) is 6.68. The van der Waals surface area contributed by atoms with Crippen molar-refractivity contribution in [1.29, 1.82) is 0 Å². The molecule has 2 rings (SSSR count). The lowest BCUT2D eigenvalue weighted by molar-refractivity contribution is -0.0692. The molecule has 0 spiro atoms. The Labute approximate surface area is 116 Å². The number of ether oxygens (including phenoxy) is 1. The minimum absolute atomic E-state index is 0.120. The lowest BCUT2D eigenvalue weighted by Gasteiger charge is -2.42. The van der Waals surface area contributed by atoms with Gasteiger partial charge in [0.15, 0.2) is 0 Å². The van der Waals surface area contributed by atoms with Gasteiger partial charge in [-0.2, -0.15) is 0 Å². The fraction of sp³-hybridized carbons (Fsp3) is 0.688. The van der Waals surface area contributed by atoms with Gasteiger partial charge < -0.3 is 9.84 Å². The maximum atomic E-state index is 11.0. The summed E-state index contributed by atoms with van der Waals surface area (Å²) >= 11 is 0. The second-order valence-electron chi connectivity index (χ2n) is 6.16. The van der Waals surface area contributed by atoms with Crippen LogP contribution in [0.1, 0.15) is 52.5 Å². The SMILES string of the molecule is CC(C)Oc1cncc(C2(O)CCCC(C)C2C)c1. The molecule has 1 fully saturated rings. The number of hydrogen-bond donors (Lipinski definition) is 1. The van der Waals surface area contributed by atoms with E-state index in [9.17, 15) is 5.11 Å². The van der Waals surface area contributed by atoms with Gasteiger partial charge in [0.25, 0.3) is 0 Å². The zero-order valence-corrected chi connectivity index (χ0v) is 12.4. The van der Waals surface area contributed by atoms with Gasteiger partial charge in [-0.25, -0.2) is 0 Å². The normalized spacial score (nSPS) is 31.5. The number of rotatable bonds is 3. The third-order valence-corrected chi connectivity index (χ3v) is 4.41. The van der Waals surface area contributed by atoms with E-state index in [0.29, 0.717) is 5.92 Å². The molecule has 0 bridgehead atoms. The molecule has 1 aromatic heterocycles. The highest BCUT2D eigenvalue weighted by molar-refractivity contribution is 5.29. The van der Waals surface area contributed by atoms with E-state index < -0.39 is 5.60 Å². The van der Waals surface area contributed by atoms with Gasteiger partial charge in [-0.05, 0) is 44.6 Å². The second kappa shape index (κ2) is 5.49. The van der Waals surface area contributed by atoms with Crippen molar-refractivity contribution in [1.82, 2.24) is 4.98 Å². The van der Waals surface area contributed by atoms with Crippen molar-refractivity contribution in [2.24, 2.45) is 11.8 Å². The lowest BCUT2D eigenvalue weighted by Crippen LogP contribution is -2.40. The Bertz CT molecular complexity index is 433. The van der Waals surface area contributed by atoms with E-state index in [4.69, 9.17) is 4.74 Å². The largest absolute Gasteiger partial charge is 0.489 e. The Hall–Kier alpha value is -1.09. The molecular formula is C16H25NO2. The van der Waals surface area contributed by atoms with Crippen LogP contribution >= 0.6 is 0 Å². The van der Waals surface area contributed by atoms with E-state index in [0.717, 1.165) is 24.2 Å². The van der Waals surface area contributed by atoms with Crippen molar-refractivity contribution in [2.75, 3.05) is 0 Å². The summed E-state index contributed by atoms with van der Waals surface area (Å²) < 4.78 is 5.68. The molecule has 0 aromatic carbocycles. The van der Waals surface area contributed by atoms with E-state index in [2.05, 4.69) is 18.8 Å². The predicted molar refractivity (Wildman–Crippen MR) is 76.1 cm³/mol. The molecule has 0 radical (unpaired) electrons. The minimum atomic E-state index is -0.763. The monoisotopic (exact) mass is 263 g/mol. The van der Waals surface area contributed by atoms with Crippen LogP contribution in [0.3, 0.4) is 0 Å². The van der Waals surface area contributed by atoms with Crippen LogP contribution in [-0.2, 0) is 5.60 Å². The van der Waals surface area contributed by atoms with Crippen LogP contribution in [0.4, 0.5) is 0 Å². The van der Waals surface area contributed by atoms with Crippen molar-refractivity contribution in [3.8, 4) is 5.75 Å². The first-order valence-electron chi connectivity index (χ1n) is 7.28. The summed E-state index contributed by atoms with van der Waals surface area (Å²) in [4.78, 5) is 4.23. The maximum absolute atomic E-state index is 11.0. The molecule has 19 heavy (non-hydrogen) atoms. The predicted octanol–water partition coefficient (Wildman–Crippen LogP) is 3.51. The van der Waals surface area contributed by atoms with Crippen LogP contribution in [0.25, 0.3) is 0 Å². The molecule has 106 valence electrons. The third kappa shape index (κ3) is 2.92. The van der Waals surface area contributed by atoms with Gasteiger partial charge in [0, 0.05) is 11.8 Å². The molecule has 0 aliphatic heterocycles. The molecule has 3 atom stereocenters. The standard InChI is InChI=1S/C16H25NO2/c1-11(2)19-15-8-14(9-17-10-15)16(18)7-5-6-12(3)13(16)4/h8-13,18H,5-7H2,1-4H3. The van der Waals surface area contributed by atoms with Gasteiger partial charge in [-0.15, -0.1) is 0 Å². The van der Waals surface area contributed by atoms with Crippen LogP contribution in [0.2, 0.25) is 0 Å². The quantitative estimate of drug-likeness (QED) is 0.907. The number of pyridine rings is 1. The molecule has 3 heteroatoms. The highest BCUT2D eigenvalue weighted by Crippen LogP contribution is 2.44. The zero-order chi connectivity index (χ0) is 14.0. The summed E-state index contributed by atoms with van der Waals surface area (Å²) in [6, 6.07) is 1.95. The maximum Gasteiger partial charge on any atom is 0.138 e. The molecule has 1 aliphatic carbocycles. The van der Waals surface area contributed by atoms with Crippen LogP contribution in [0, 0.1) is 11.8 Å². The summed E-state index contributed by atoms with van der Waals surface area (Å²) in [5.41, 5.74) is 0.130. The van der Waals surface area contributed by atoms with Gasteiger partial charge in [0.05, 0.1) is 17.9 Å². The fourth-order valence-electron chi connectivity index (χ4n) is 3.04. The zero-order valence-electron chi connectivity index (χ0n) is 12.4. The van der Waals surface area contributed by atoms with E-state index in [1.165, 1.54) is 6.42 Å². The van der Waals surface area contributed by atoms with Gasteiger partial charge in [-0.3, -0.25) is 4.98 Å². The van der Waals surface area contributed by atoms with Crippen LogP contribution in [0.5, 0.6) is 5.75 Å². The number of aliphatic hydroxyl groups is 1. The van der Waals surface area contributed by atoms with Crippen LogP contribution in [0.15, 0.2) is 18.5 Å². The number of aromatic nitrogens is 1. The summed E-state index contributed by atoms with van der Waals surface area (Å²) in [7, 11) is 0. The Morgan fingerprint density at radius 2 is 2.11 bits per heavy atom. The van der Waals surface area contributed by atoms with Gasteiger partial charge in [-0.1, -0.05) is 20.3 Å². The average molecular weight is 263 g/mol. The molecule has 1 N–H and O–H groups in total. The molecule has 3 unspecified atom stereocenters. The molecule has 1 saturated carbocycles. The average Bonchev–Trinajstić information content (AvgIpc) is 2.35. The first-order valence-corrected chi connectivity index (χ1v) is 7.28. The van der Waals surface area contributed by atoms with Crippen LogP contribution < -0.4 is 4.74 Å². The first-order chi connectivity index (χ1) is 8.93. The van der Waals surface area contributed by atoms with Crippen molar-refractivity contribution in [3.05, 3.63) is 24.0 Å². The van der Waals surface area contributed by atoms with Gasteiger partial charge in [0.2, 0.25) is 0 Å². The Balaban J connectivity index is 2.29. The number of nitrogens with zero attached hydrogens (tertiary/aromatic N) is 1. The first kappa shape index (κ1) is 14.3. The minimum Gasteiger partial charge on any atom is -0.489 e. The number of hydrogen-bond acceptors (Lipinski definition) is 3. The molecular weight excluding hydrogens is 238 g/mol. The molecule has 3 nitrogen and oxygen atoms in total. The Kier molecular flexibility index (Phi) is 4.14. The van der Waals surface area contributed by atoms with E-state index in [1.54, 1.807) is 12.4 Å². The summed E-state index contributed by atoms with van der Waals surface area (Å²) in [6.45, 7) is 8.34. The third-order valence-electron chi connectivity index (χ3n) is 4.41. The molecule has 1 aliphatic rings. The Morgan fingerprint density at radius 1 is 1.37 bits per heavy atom. The smallest absolute Gasteiger partial charge is 0.138 e. The topological polar surface area (TPSA) is 42.4 Å². The highest BCUT2D eigenvalue weighted by atomic mass is 16.5. The highest BCUT2D eigenvalue weighted by Gasteiger charge is 2.41. The lowest BCUT2D eigenvalue weighted by atomic mass is 9.68. The van der Waals surface area contributed by atoms with Crippen LogP contribution in [-0.4, -0.2) is 16.2 Å². The van der Waals surface area contributed by atoms with E-state index >= 15 is 0 Å². The molecule has 1 aromatic rings. The molecule has 1 heterocycles. The summed E-state index contributed by atoms with van der Waals surface area (Å²) in [5.74, 6) is 1.53. The van der Waals surface area contributed by atoms with Crippen molar-refractivity contribution < 1.29 is 9.84 Å². The summed E-state index contributed by atoms with van der Waals surface area (Å²) in [5, 5.41) is 11.0. The molecule has 0 amide bonds. The van der Waals surface area contributed by atoms with Crippen molar-refractivity contribution in [2.45, 2.75) is 58.7 Å². The van der Waals surface area contributed by atoms with Gasteiger partial charge in [0.1, 0.15) is 5.75 Å². The second-order valence-corrected chi connectivity index (χ2v) is 6.16. The van der Waals surface area contributed by atoms with E-state index in [1.807, 2.05) is 19.9 Å². The van der Waals surface area contributed by atoms with Crippen molar-refractivity contribution >= 4 is 0 Å².